The second-order valence-electron chi connectivity index (χ2n) is 8.51. The van der Waals surface area contributed by atoms with Crippen LogP contribution in [-0.4, -0.2) is 23.1 Å². The third kappa shape index (κ3) is 4.79. The second kappa shape index (κ2) is 8.92. The number of carbonyl (C=O) groups excluding carboxylic acids is 1. The highest BCUT2D eigenvalue weighted by Gasteiger charge is 2.46. The minimum atomic E-state index is -2.89. The van der Waals surface area contributed by atoms with Gasteiger partial charge in [0.1, 0.15) is 11.3 Å². The van der Waals surface area contributed by atoms with Crippen molar-refractivity contribution in [2.24, 2.45) is 5.92 Å². The van der Waals surface area contributed by atoms with Crippen molar-refractivity contribution < 1.29 is 13.6 Å². The van der Waals surface area contributed by atoms with Crippen LogP contribution in [0, 0.1) is 28.6 Å². The first kappa shape index (κ1) is 22.3. The number of hydrogen-bond acceptors (Lipinski definition) is 4. The average molecular weight is 452 g/mol. The molecule has 0 spiro atoms. The summed E-state index contributed by atoms with van der Waals surface area (Å²) in [5.74, 6) is -4.64. The third-order valence-electron chi connectivity index (χ3n) is 6.25. The molecule has 2 aliphatic carbocycles. The molecule has 0 aliphatic heterocycles. The van der Waals surface area contributed by atoms with Crippen LogP contribution in [0.5, 0.6) is 0 Å². The molecular weight excluding hydrogens is 428 g/mol. The van der Waals surface area contributed by atoms with Crippen LogP contribution in [0.3, 0.4) is 0 Å². The first-order valence-corrected chi connectivity index (χ1v) is 11.5. The summed E-state index contributed by atoms with van der Waals surface area (Å²) in [7, 11) is 0. The molecule has 0 heterocycles. The molecule has 32 heavy (non-hydrogen) atoms. The lowest BCUT2D eigenvalue weighted by molar-refractivity contribution is -0.133. The summed E-state index contributed by atoms with van der Waals surface area (Å²) < 4.78 is 28.1. The molecule has 1 amide bonds. The zero-order valence-corrected chi connectivity index (χ0v) is 18.3. The maximum Gasteiger partial charge on any atom is 0.249 e. The molecule has 2 fully saturated rings. The zero-order valence-electron chi connectivity index (χ0n) is 17.5. The van der Waals surface area contributed by atoms with Gasteiger partial charge < -0.3 is 5.32 Å². The smallest absolute Gasteiger partial charge is 0.249 e. The van der Waals surface area contributed by atoms with Crippen molar-refractivity contribution >= 4 is 17.7 Å². The van der Waals surface area contributed by atoms with Gasteiger partial charge in [-0.25, -0.2) is 8.78 Å². The normalized spacial score (nSPS) is 22.9. The fraction of sp³-hybridized carbons (Fsp3) is 0.400. The Labute approximate surface area is 190 Å². The summed E-state index contributed by atoms with van der Waals surface area (Å²) in [5, 5.41) is 20.6. The van der Waals surface area contributed by atoms with E-state index in [1.807, 2.05) is 54.6 Å². The van der Waals surface area contributed by atoms with E-state index < -0.39 is 24.2 Å². The third-order valence-corrected chi connectivity index (χ3v) is 7.65. The predicted molar refractivity (Wildman–Crippen MR) is 119 cm³/mol. The molecular formula is C25H23F2N3OS. The minimum Gasteiger partial charge on any atom is -0.343 e. The Morgan fingerprint density at radius 1 is 1.09 bits per heavy atom. The van der Waals surface area contributed by atoms with E-state index in [4.69, 9.17) is 5.26 Å². The number of hydrogen-bond donors (Lipinski definition) is 1. The minimum absolute atomic E-state index is 0.196. The van der Waals surface area contributed by atoms with E-state index in [-0.39, 0.29) is 30.1 Å². The lowest BCUT2D eigenvalue weighted by Gasteiger charge is -2.36. The van der Waals surface area contributed by atoms with Crippen molar-refractivity contribution in [1.29, 1.82) is 10.5 Å². The largest absolute Gasteiger partial charge is 0.343 e. The Morgan fingerprint density at radius 2 is 1.81 bits per heavy atom. The van der Waals surface area contributed by atoms with Gasteiger partial charge in [-0.05, 0) is 54.0 Å². The molecule has 0 bridgehead atoms. The van der Waals surface area contributed by atoms with Gasteiger partial charge in [-0.15, -0.1) is 11.8 Å². The van der Waals surface area contributed by atoms with Gasteiger partial charge in [0.2, 0.25) is 11.8 Å². The molecule has 1 N–H and O–H groups in total. The fourth-order valence-electron chi connectivity index (χ4n) is 4.40. The highest BCUT2D eigenvalue weighted by atomic mass is 32.2. The Balaban J connectivity index is 1.62. The van der Waals surface area contributed by atoms with Gasteiger partial charge in [0, 0.05) is 17.7 Å². The molecule has 4 rings (SSSR count). The van der Waals surface area contributed by atoms with Crippen molar-refractivity contribution in [3.05, 3.63) is 54.1 Å². The van der Waals surface area contributed by atoms with Crippen LogP contribution < -0.4 is 5.32 Å². The van der Waals surface area contributed by atoms with E-state index in [0.717, 1.165) is 34.4 Å². The Bertz CT molecular complexity index is 1080. The number of halogens is 2. The Kier molecular flexibility index (Phi) is 6.22. The van der Waals surface area contributed by atoms with Gasteiger partial charge in [-0.2, -0.15) is 10.5 Å². The number of carbonyl (C=O) groups is 1. The molecule has 4 nitrogen and oxygen atoms in total. The SMILES string of the molecule is N#CCNC(=O)C1CC(F)(F)CCC1c1ccccc1-c1ccc(SC2(C#N)CC2)cc1. The van der Waals surface area contributed by atoms with Crippen molar-refractivity contribution in [2.75, 3.05) is 6.54 Å². The highest BCUT2D eigenvalue weighted by Crippen LogP contribution is 2.51. The maximum absolute atomic E-state index is 14.2. The summed E-state index contributed by atoms with van der Waals surface area (Å²) in [6, 6.07) is 19.8. The van der Waals surface area contributed by atoms with E-state index in [9.17, 15) is 18.8 Å². The van der Waals surface area contributed by atoms with E-state index in [1.54, 1.807) is 11.8 Å². The molecule has 2 saturated carbocycles. The molecule has 7 heteroatoms. The van der Waals surface area contributed by atoms with Crippen molar-refractivity contribution in [2.45, 2.75) is 53.6 Å². The molecule has 0 aromatic heterocycles. The molecule has 164 valence electrons. The topological polar surface area (TPSA) is 76.7 Å². The Hall–Kier alpha value is -2.90. The zero-order chi connectivity index (χ0) is 22.8. The van der Waals surface area contributed by atoms with Crippen LogP contribution in [-0.2, 0) is 4.79 Å². The number of nitrogens with zero attached hydrogens (tertiary/aromatic N) is 2. The molecule has 2 aliphatic rings. The van der Waals surface area contributed by atoms with Gasteiger partial charge in [-0.3, -0.25) is 4.79 Å². The van der Waals surface area contributed by atoms with Crippen LogP contribution in [0.25, 0.3) is 11.1 Å². The number of thioether (sulfide) groups is 1. The number of nitrogens with one attached hydrogen (secondary N) is 1. The van der Waals surface area contributed by atoms with Crippen LogP contribution >= 0.6 is 11.8 Å². The fourth-order valence-corrected chi connectivity index (χ4v) is 5.48. The summed E-state index contributed by atoms with van der Waals surface area (Å²) in [4.78, 5) is 13.7. The van der Waals surface area contributed by atoms with Crippen molar-refractivity contribution in [3.8, 4) is 23.3 Å². The van der Waals surface area contributed by atoms with Crippen molar-refractivity contribution in [1.82, 2.24) is 5.32 Å². The predicted octanol–water partition coefficient (Wildman–Crippen LogP) is 5.66. The lowest BCUT2D eigenvalue weighted by atomic mass is 9.72. The van der Waals surface area contributed by atoms with E-state index in [0.29, 0.717) is 0 Å². The standard InChI is InChI=1S/C25H23F2N3OS/c26-25(27)10-9-21(22(15-25)23(31)30-14-13-28)20-4-2-1-3-19(20)17-5-7-18(8-6-17)32-24(16-29)11-12-24/h1-8,21-22H,9-12,14-15H2,(H,30,31). The summed E-state index contributed by atoms with van der Waals surface area (Å²) in [6.45, 7) is -0.196. The molecule has 2 aromatic rings. The van der Waals surface area contributed by atoms with E-state index in [1.165, 1.54) is 0 Å². The molecule has 2 unspecified atom stereocenters. The lowest BCUT2D eigenvalue weighted by Crippen LogP contribution is -2.41. The Morgan fingerprint density at radius 3 is 2.47 bits per heavy atom. The van der Waals surface area contributed by atoms with Gasteiger partial charge >= 0.3 is 0 Å². The van der Waals surface area contributed by atoms with Gasteiger partial charge in [-0.1, -0.05) is 36.4 Å². The second-order valence-corrected chi connectivity index (χ2v) is 9.96. The molecule has 0 radical (unpaired) electrons. The van der Waals surface area contributed by atoms with Gasteiger partial charge in [0.05, 0.1) is 18.1 Å². The van der Waals surface area contributed by atoms with Crippen molar-refractivity contribution in [3.63, 3.8) is 0 Å². The summed E-state index contributed by atoms with van der Waals surface area (Å²) in [5.41, 5.74) is 2.73. The summed E-state index contributed by atoms with van der Waals surface area (Å²) in [6.07, 6.45) is 1.23. The van der Waals surface area contributed by atoms with Crippen LogP contribution in [0.1, 0.15) is 43.6 Å². The van der Waals surface area contributed by atoms with E-state index in [2.05, 4.69) is 11.4 Å². The molecule has 0 saturated heterocycles. The van der Waals surface area contributed by atoms with Crippen LogP contribution in [0.2, 0.25) is 0 Å². The molecule has 2 atom stereocenters. The van der Waals surface area contributed by atoms with Crippen LogP contribution in [0.15, 0.2) is 53.4 Å². The molecule has 2 aromatic carbocycles. The van der Waals surface area contributed by atoms with Crippen LogP contribution in [0.4, 0.5) is 8.78 Å². The number of rotatable bonds is 6. The monoisotopic (exact) mass is 451 g/mol. The highest BCUT2D eigenvalue weighted by molar-refractivity contribution is 8.01. The average Bonchev–Trinajstić information content (AvgIpc) is 3.57. The maximum atomic E-state index is 14.2. The number of nitriles is 2. The number of alkyl halides is 2. The summed E-state index contributed by atoms with van der Waals surface area (Å²) >= 11 is 1.58. The number of amides is 1. The first-order chi connectivity index (χ1) is 15.4. The number of benzene rings is 2. The first-order valence-electron chi connectivity index (χ1n) is 10.7. The van der Waals surface area contributed by atoms with E-state index >= 15 is 0 Å². The van der Waals surface area contributed by atoms with Gasteiger partial charge in [0.15, 0.2) is 0 Å². The quantitative estimate of drug-likeness (QED) is 0.575. The van der Waals surface area contributed by atoms with Gasteiger partial charge in [0.25, 0.3) is 0 Å².